The molecule has 0 aliphatic rings. The lowest BCUT2D eigenvalue weighted by molar-refractivity contribution is 0.0808. The number of aryl methyl sites for hydroxylation is 1. The lowest BCUT2D eigenvalue weighted by Gasteiger charge is -2.13. The highest BCUT2D eigenvalue weighted by atomic mass is 35.5. The third-order valence-electron chi connectivity index (χ3n) is 1.99. The zero-order valence-electron chi connectivity index (χ0n) is 8.42. The Morgan fingerprint density at radius 3 is 2.79 bits per heavy atom. The number of hydrogen-bond donors (Lipinski definition) is 0. The molecule has 0 saturated heterocycles. The molecule has 0 spiro atoms. The molecule has 0 aliphatic heterocycles. The van der Waals surface area contributed by atoms with Gasteiger partial charge in [-0.25, -0.2) is 0 Å². The summed E-state index contributed by atoms with van der Waals surface area (Å²) in [5.41, 5.74) is 0. The summed E-state index contributed by atoms with van der Waals surface area (Å²) in [6.07, 6.45) is 0.983. The number of amides is 1. The second kappa shape index (κ2) is 5.37. The van der Waals surface area contributed by atoms with Crippen molar-refractivity contribution in [1.29, 1.82) is 0 Å². The van der Waals surface area contributed by atoms with Gasteiger partial charge in [-0.3, -0.25) is 4.79 Å². The maximum atomic E-state index is 11.7. The Labute approximate surface area is 93.5 Å². The Morgan fingerprint density at radius 1 is 1.57 bits per heavy atom. The summed E-state index contributed by atoms with van der Waals surface area (Å²) in [4.78, 5) is 15.4. The zero-order chi connectivity index (χ0) is 10.6. The number of carbonyl (C=O) groups is 1. The average molecular weight is 232 g/mol. The molecule has 1 amide bonds. The van der Waals surface area contributed by atoms with Crippen LogP contribution >= 0.6 is 22.9 Å². The van der Waals surface area contributed by atoms with Crippen LogP contribution in [0.4, 0.5) is 0 Å². The molecule has 0 N–H and O–H groups in total. The number of thiophene rings is 1. The molecule has 14 heavy (non-hydrogen) atoms. The van der Waals surface area contributed by atoms with Crippen molar-refractivity contribution >= 4 is 28.8 Å². The zero-order valence-corrected chi connectivity index (χ0v) is 9.99. The quantitative estimate of drug-likeness (QED) is 0.730. The number of nitrogens with zero attached hydrogens (tertiary/aromatic N) is 1. The van der Waals surface area contributed by atoms with E-state index in [1.54, 1.807) is 23.3 Å². The van der Waals surface area contributed by atoms with E-state index >= 15 is 0 Å². The number of alkyl halides is 1. The van der Waals surface area contributed by atoms with Crippen LogP contribution in [0.3, 0.4) is 0 Å². The molecule has 1 aromatic heterocycles. The third kappa shape index (κ3) is 2.72. The highest BCUT2D eigenvalue weighted by Crippen LogP contribution is 2.18. The van der Waals surface area contributed by atoms with E-state index in [-0.39, 0.29) is 5.91 Å². The highest BCUT2D eigenvalue weighted by Gasteiger charge is 2.12. The molecule has 0 atom stereocenters. The fourth-order valence-electron chi connectivity index (χ4n) is 1.10. The first-order valence-corrected chi connectivity index (χ1v) is 5.94. The van der Waals surface area contributed by atoms with Gasteiger partial charge in [-0.1, -0.05) is 6.92 Å². The summed E-state index contributed by atoms with van der Waals surface area (Å²) in [5, 5.41) is 0. The summed E-state index contributed by atoms with van der Waals surface area (Å²) in [6, 6.07) is 3.89. The molecule has 0 fully saturated rings. The first-order valence-electron chi connectivity index (χ1n) is 4.59. The number of hydrogen-bond acceptors (Lipinski definition) is 2. The van der Waals surface area contributed by atoms with Gasteiger partial charge in [0.1, 0.15) is 0 Å². The Bertz CT molecular complexity index is 311. The SMILES string of the molecule is CCc1ccc(C(=O)N(C)CCCl)s1. The predicted octanol–water partition coefficient (Wildman–Crippen LogP) is 2.62. The molecule has 78 valence electrons. The van der Waals surface area contributed by atoms with Gasteiger partial charge in [-0.05, 0) is 18.6 Å². The van der Waals surface area contributed by atoms with Crippen molar-refractivity contribution < 1.29 is 4.79 Å². The van der Waals surface area contributed by atoms with Crippen molar-refractivity contribution in [3.8, 4) is 0 Å². The van der Waals surface area contributed by atoms with E-state index in [4.69, 9.17) is 11.6 Å². The standard InChI is InChI=1S/C10H14ClNOS/c1-3-8-4-5-9(14-8)10(13)12(2)7-6-11/h4-5H,3,6-7H2,1-2H3. The van der Waals surface area contributed by atoms with Gasteiger partial charge in [0.05, 0.1) is 4.88 Å². The summed E-state index contributed by atoms with van der Waals surface area (Å²) in [5.74, 6) is 0.546. The summed E-state index contributed by atoms with van der Waals surface area (Å²) < 4.78 is 0. The molecular formula is C10H14ClNOS. The van der Waals surface area contributed by atoms with Crippen molar-refractivity contribution in [2.24, 2.45) is 0 Å². The van der Waals surface area contributed by atoms with Gasteiger partial charge in [0.25, 0.3) is 5.91 Å². The third-order valence-corrected chi connectivity index (χ3v) is 3.37. The Kier molecular flexibility index (Phi) is 4.42. The lowest BCUT2D eigenvalue weighted by Crippen LogP contribution is -2.27. The lowest BCUT2D eigenvalue weighted by atomic mass is 10.3. The molecular weight excluding hydrogens is 218 g/mol. The first-order chi connectivity index (χ1) is 6.69. The number of rotatable bonds is 4. The van der Waals surface area contributed by atoms with Gasteiger partial charge in [0, 0.05) is 24.3 Å². The van der Waals surface area contributed by atoms with Crippen molar-refractivity contribution in [2.45, 2.75) is 13.3 Å². The van der Waals surface area contributed by atoms with Crippen LogP contribution in [0.15, 0.2) is 12.1 Å². The average Bonchev–Trinajstić information content (AvgIpc) is 2.65. The van der Waals surface area contributed by atoms with Crippen LogP contribution in [0.25, 0.3) is 0 Å². The summed E-state index contributed by atoms with van der Waals surface area (Å²) in [7, 11) is 1.77. The van der Waals surface area contributed by atoms with E-state index in [1.165, 1.54) is 4.88 Å². The van der Waals surface area contributed by atoms with Gasteiger partial charge in [0.2, 0.25) is 0 Å². The van der Waals surface area contributed by atoms with E-state index in [2.05, 4.69) is 6.92 Å². The Hall–Kier alpha value is -0.540. The normalized spacial score (nSPS) is 10.2. The molecule has 0 bridgehead atoms. The van der Waals surface area contributed by atoms with Crippen LogP contribution in [-0.2, 0) is 6.42 Å². The monoisotopic (exact) mass is 231 g/mol. The second-order valence-electron chi connectivity index (χ2n) is 3.04. The first kappa shape index (κ1) is 11.5. The van der Waals surface area contributed by atoms with Crippen LogP contribution in [-0.4, -0.2) is 30.3 Å². The topological polar surface area (TPSA) is 20.3 Å². The molecule has 0 unspecified atom stereocenters. The van der Waals surface area contributed by atoms with Crippen LogP contribution in [0.2, 0.25) is 0 Å². The van der Waals surface area contributed by atoms with Gasteiger partial charge in [-0.15, -0.1) is 22.9 Å². The van der Waals surface area contributed by atoms with E-state index in [0.717, 1.165) is 11.3 Å². The van der Waals surface area contributed by atoms with E-state index in [0.29, 0.717) is 12.4 Å². The van der Waals surface area contributed by atoms with Crippen LogP contribution in [0, 0.1) is 0 Å². The minimum Gasteiger partial charge on any atom is -0.340 e. The largest absolute Gasteiger partial charge is 0.340 e. The van der Waals surface area contributed by atoms with Crippen LogP contribution < -0.4 is 0 Å². The Morgan fingerprint density at radius 2 is 2.29 bits per heavy atom. The van der Waals surface area contributed by atoms with E-state index < -0.39 is 0 Å². The molecule has 1 aromatic rings. The van der Waals surface area contributed by atoms with Crippen molar-refractivity contribution in [1.82, 2.24) is 4.90 Å². The van der Waals surface area contributed by atoms with Crippen LogP contribution in [0.5, 0.6) is 0 Å². The van der Waals surface area contributed by atoms with E-state index in [9.17, 15) is 4.79 Å². The minimum atomic E-state index is 0.0651. The van der Waals surface area contributed by atoms with Crippen LogP contribution in [0.1, 0.15) is 21.5 Å². The van der Waals surface area contributed by atoms with Gasteiger partial charge >= 0.3 is 0 Å². The molecule has 0 saturated carbocycles. The predicted molar refractivity (Wildman–Crippen MR) is 61.4 cm³/mol. The molecule has 1 heterocycles. The van der Waals surface area contributed by atoms with Gasteiger partial charge in [0.15, 0.2) is 0 Å². The van der Waals surface area contributed by atoms with Crippen molar-refractivity contribution in [3.63, 3.8) is 0 Å². The van der Waals surface area contributed by atoms with Gasteiger partial charge < -0.3 is 4.90 Å². The Balaban J connectivity index is 2.68. The maximum Gasteiger partial charge on any atom is 0.263 e. The highest BCUT2D eigenvalue weighted by molar-refractivity contribution is 7.14. The smallest absolute Gasteiger partial charge is 0.263 e. The molecule has 0 aromatic carbocycles. The minimum absolute atomic E-state index is 0.0651. The van der Waals surface area contributed by atoms with Crippen molar-refractivity contribution in [2.75, 3.05) is 19.5 Å². The maximum absolute atomic E-state index is 11.7. The summed E-state index contributed by atoms with van der Waals surface area (Å²) in [6.45, 7) is 2.68. The molecule has 4 heteroatoms. The second-order valence-corrected chi connectivity index (χ2v) is 4.58. The molecule has 0 aliphatic carbocycles. The molecule has 1 rings (SSSR count). The summed E-state index contributed by atoms with van der Waals surface area (Å²) >= 11 is 7.13. The fourth-order valence-corrected chi connectivity index (χ4v) is 2.29. The van der Waals surface area contributed by atoms with E-state index in [1.807, 2.05) is 12.1 Å². The van der Waals surface area contributed by atoms with Gasteiger partial charge in [-0.2, -0.15) is 0 Å². The molecule has 2 nitrogen and oxygen atoms in total. The number of halogens is 1. The number of carbonyl (C=O) groups excluding carboxylic acids is 1. The molecule has 0 radical (unpaired) electrons. The van der Waals surface area contributed by atoms with Crippen molar-refractivity contribution in [3.05, 3.63) is 21.9 Å². The fraction of sp³-hybridized carbons (Fsp3) is 0.500.